The molecule has 0 unspecified atom stereocenters. The van der Waals surface area contributed by atoms with Crippen LogP contribution in [-0.2, 0) is 11.3 Å². The lowest BCUT2D eigenvalue weighted by Crippen LogP contribution is -2.23. The molecule has 0 fully saturated rings. The molecule has 1 N–H and O–H groups in total. The zero-order valence-electron chi connectivity index (χ0n) is 10.4. The third-order valence-electron chi connectivity index (χ3n) is 2.62. The van der Waals surface area contributed by atoms with Crippen molar-refractivity contribution in [2.75, 3.05) is 6.61 Å². The summed E-state index contributed by atoms with van der Waals surface area (Å²) in [5.41, 5.74) is 0.588. The van der Waals surface area contributed by atoms with Crippen molar-refractivity contribution in [2.24, 2.45) is 0 Å². The normalized spacial score (nSPS) is 10.4. The van der Waals surface area contributed by atoms with Crippen LogP contribution in [0.4, 0.5) is 0 Å². The lowest BCUT2D eigenvalue weighted by atomic mass is 10.2. The number of esters is 1. The van der Waals surface area contributed by atoms with Crippen molar-refractivity contribution in [2.45, 2.75) is 13.5 Å². The molecule has 1 heterocycles. The quantitative estimate of drug-likeness (QED) is 0.876. The van der Waals surface area contributed by atoms with Crippen molar-refractivity contribution in [3.8, 4) is 0 Å². The maximum Gasteiger partial charge on any atom is 0.345 e. The summed E-state index contributed by atoms with van der Waals surface area (Å²) in [5, 5.41) is 2.77. The fraction of sp³-hybridized carbons (Fsp3) is 0.231. The molecule has 0 amide bonds. The van der Waals surface area contributed by atoms with E-state index < -0.39 is 5.97 Å². The molecule has 0 bridgehead atoms. The molecule has 0 atom stereocenters. The monoisotopic (exact) mass is 324 g/mol. The van der Waals surface area contributed by atoms with Crippen molar-refractivity contribution in [3.05, 3.63) is 56.4 Å². The molecule has 0 saturated carbocycles. The summed E-state index contributed by atoms with van der Waals surface area (Å²) in [6.45, 7) is 2.30. The first kappa shape index (κ1) is 13.6. The van der Waals surface area contributed by atoms with Crippen molar-refractivity contribution < 1.29 is 9.53 Å². The van der Waals surface area contributed by atoms with Gasteiger partial charge in [0.05, 0.1) is 13.2 Å². The molecular formula is C13H13BrN2O3. The number of hydrogen-bond acceptors (Lipinski definition) is 3. The van der Waals surface area contributed by atoms with E-state index in [2.05, 4.69) is 21.0 Å². The van der Waals surface area contributed by atoms with Crippen LogP contribution in [0.25, 0.3) is 0 Å². The number of H-pyrrole nitrogens is 1. The van der Waals surface area contributed by atoms with Crippen LogP contribution in [0.5, 0.6) is 0 Å². The minimum atomic E-state index is -0.602. The highest BCUT2D eigenvalue weighted by Crippen LogP contribution is 2.16. The van der Waals surface area contributed by atoms with Crippen molar-refractivity contribution in [3.63, 3.8) is 0 Å². The van der Waals surface area contributed by atoms with E-state index in [4.69, 9.17) is 4.74 Å². The number of hydrogen-bond donors (Lipinski definition) is 1. The molecule has 0 spiro atoms. The molecule has 1 aromatic carbocycles. The summed E-state index contributed by atoms with van der Waals surface area (Å²) < 4.78 is 7.09. The zero-order valence-corrected chi connectivity index (χ0v) is 11.9. The molecule has 0 aliphatic carbocycles. The number of aromatic nitrogens is 2. The van der Waals surface area contributed by atoms with Gasteiger partial charge in [-0.05, 0) is 18.6 Å². The van der Waals surface area contributed by atoms with Crippen molar-refractivity contribution >= 4 is 21.9 Å². The van der Waals surface area contributed by atoms with Gasteiger partial charge in [-0.2, -0.15) is 0 Å². The summed E-state index contributed by atoms with van der Waals surface area (Å²) in [5.74, 6) is -0.602. The predicted molar refractivity (Wildman–Crippen MR) is 74.3 cm³/mol. The molecule has 6 heteroatoms. The van der Waals surface area contributed by atoms with Gasteiger partial charge in [0.1, 0.15) is 5.56 Å². The summed E-state index contributed by atoms with van der Waals surface area (Å²) >= 11 is 3.42. The number of nitrogens with one attached hydrogen (secondary N) is 1. The highest BCUT2D eigenvalue weighted by Gasteiger charge is 2.15. The topological polar surface area (TPSA) is 64.1 Å². The molecule has 2 aromatic rings. The number of rotatable bonds is 4. The van der Waals surface area contributed by atoms with Gasteiger partial charge in [0.25, 0.3) is 5.56 Å². The van der Waals surface area contributed by atoms with Gasteiger partial charge in [-0.15, -0.1) is 0 Å². The largest absolute Gasteiger partial charge is 0.462 e. The highest BCUT2D eigenvalue weighted by molar-refractivity contribution is 9.10. The van der Waals surface area contributed by atoms with E-state index >= 15 is 0 Å². The minimum Gasteiger partial charge on any atom is -0.462 e. The Morgan fingerprint density at radius 1 is 1.42 bits per heavy atom. The second kappa shape index (κ2) is 5.88. The molecule has 0 aliphatic rings. The van der Waals surface area contributed by atoms with Gasteiger partial charge in [-0.3, -0.25) is 4.79 Å². The first-order chi connectivity index (χ1) is 9.13. The Kier molecular flexibility index (Phi) is 4.21. The Morgan fingerprint density at radius 2 is 2.16 bits per heavy atom. The smallest absolute Gasteiger partial charge is 0.345 e. The summed E-state index contributed by atoms with van der Waals surface area (Å²) in [7, 11) is 0. The van der Waals surface area contributed by atoms with Crippen LogP contribution in [0, 0.1) is 0 Å². The third kappa shape index (κ3) is 2.96. The summed E-state index contributed by atoms with van der Waals surface area (Å²) in [6, 6.07) is 7.59. The van der Waals surface area contributed by atoms with Crippen LogP contribution in [0.2, 0.25) is 0 Å². The van der Waals surface area contributed by atoms with Crippen LogP contribution in [-0.4, -0.2) is 22.4 Å². The Morgan fingerprint density at radius 3 is 2.84 bits per heavy atom. The number of carbonyl (C=O) groups is 1. The lowest BCUT2D eigenvalue weighted by molar-refractivity contribution is 0.0524. The average molecular weight is 325 g/mol. The van der Waals surface area contributed by atoms with Crippen LogP contribution in [0.15, 0.2) is 39.7 Å². The van der Waals surface area contributed by atoms with Crippen molar-refractivity contribution in [1.29, 1.82) is 0 Å². The number of benzene rings is 1. The zero-order chi connectivity index (χ0) is 13.8. The Bertz CT molecular complexity index is 645. The van der Waals surface area contributed by atoms with E-state index in [-0.39, 0.29) is 17.7 Å². The average Bonchev–Trinajstić information content (AvgIpc) is 2.74. The SMILES string of the molecule is CCOC(=O)c1c[nH]n(Cc2ccccc2Br)c1=O. The molecule has 0 saturated heterocycles. The summed E-state index contributed by atoms with van der Waals surface area (Å²) in [6.07, 6.45) is 1.37. The Hall–Kier alpha value is -1.82. The van der Waals surface area contributed by atoms with Crippen LogP contribution >= 0.6 is 15.9 Å². The van der Waals surface area contributed by atoms with Gasteiger partial charge in [0.2, 0.25) is 0 Å². The maximum absolute atomic E-state index is 12.0. The number of aromatic amines is 1. The van der Waals surface area contributed by atoms with E-state index in [1.54, 1.807) is 6.92 Å². The van der Waals surface area contributed by atoms with Gasteiger partial charge in [0, 0.05) is 10.7 Å². The molecule has 2 rings (SSSR count). The van der Waals surface area contributed by atoms with E-state index in [0.717, 1.165) is 10.0 Å². The second-order valence-electron chi connectivity index (χ2n) is 3.89. The lowest BCUT2D eigenvalue weighted by Gasteiger charge is -2.04. The van der Waals surface area contributed by atoms with E-state index in [0.29, 0.717) is 6.54 Å². The van der Waals surface area contributed by atoms with Gasteiger partial charge < -0.3 is 9.84 Å². The third-order valence-corrected chi connectivity index (χ3v) is 3.40. The molecule has 5 nitrogen and oxygen atoms in total. The molecule has 100 valence electrons. The molecule has 1 aromatic heterocycles. The molecular weight excluding hydrogens is 312 g/mol. The fourth-order valence-electron chi connectivity index (χ4n) is 1.68. The fourth-order valence-corrected chi connectivity index (χ4v) is 2.09. The van der Waals surface area contributed by atoms with Crippen LogP contribution in [0.1, 0.15) is 22.8 Å². The molecule has 0 radical (unpaired) electrons. The van der Waals surface area contributed by atoms with Gasteiger partial charge in [-0.25, -0.2) is 9.48 Å². The number of carbonyl (C=O) groups excluding carboxylic acids is 1. The van der Waals surface area contributed by atoms with Gasteiger partial charge in [-0.1, -0.05) is 34.1 Å². The van der Waals surface area contributed by atoms with E-state index in [1.165, 1.54) is 10.9 Å². The summed E-state index contributed by atoms with van der Waals surface area (Å²) in [4.78, 5) is 23.5. The first-order valence-corrected chi connectivity index (χ1v) is 6.61. The van der Waals surface area contributed by atoms with E-state index in [1.807, 2.05) is 24.3 Å². The minimum absolute atomic E-state index is 0.0221. The van der Waals surface area contributed by atoms with Crippen LogP contribution in [0.3, 0.4) is 0 Å². The van der Waals surface area contributed by atoms with Crippen molar-refractivity contribution in [1.82, 2.24) is 9.78 Å². The van der Waals surface area contributed by atoms with Gasteiger partial charge >= 0.3 is 5.97 Å². The molecule has 0 aliphatic heterocycles. The maximum atomic E-state index is 12.0. The Balaban J connectivity index is 2.26. The standard InChI is InChI=1S/C13H13BrN2O3/c1-2-19-13(18)10-7-15-16(12(10)17)8-9-5-3-4-6-11(9)14/h3-7,15H,2,8H2,1H3. The van der Waals surface area contributed by atoms with Crippen LogP contribution < -0.4 is 5.56 Å². The number of ether oxygens (including phenoxy) is 1. The van der Waals surface area contributed by atoms with Gasteiger partial charge in [0.15, 0.2) is 0 Å². The Labute approximate surface area is 118 Å². The first-order valence-electron chi connectivity index (χ1n) is 5.82. The highest BCUT2D eigenvalue weighted by atomic mass is 79.9. The predicted octanol–water partition coefficient (Wildman–Crippen LogP) is 2.16. The second-order valence-corrected chi connectivity index (χ2v) is 4.74. The molecule has 19 heavy (non-hydrogen) atoms. The van der Waals surface area contributed by atoms with E-state index in [9.17, 15) is 9.59 Å². The number of nitrogens with zero attached hydrogens (tertiary/aromatic N) is 1. The number of halogens is 1.